The largest absolute Gasteiger partial charge is 0.478 e. The molecule has 1 fully saturated rings. The second-order valence-electron chi connectivity index (χ2n) is 6.88. The van der Waals surface area contributed by atoms with E-state index in [2.05, 4.69) is 39.5 Å². The van der Waals surface area contributed by atoms with Crippen LogP contribution < -0.4 is 5.32 Å². The fourth-order valence-electron chi connectivity index (χ4n) is 3.75. The molecule has 0 unspecified atom stereocenters. The summed E-state index contributed by atoms with van der Waals surface area (Å²) in [5, 5.41) is 12.1. The molecule has 0 saturated carbocycles. The maximum absolute atomic E-state index is 12.4. The topological polar surface area (TPSA) is 85.4 Å². The number of likely N-dealkylation sites (tertiary alicyclic amines) is 1. The fourth-order valence-corrected chi connectivity index (χ4v) is 3.75. The number of rotatable bonds is 6. The number of hydrogen-bond donors (Lipinski definition) is 3. The lowest BCUT2D eigenvalue weighted by Gasteiger charge is -2.16. The van der Waals surface area contributed by atoms with Crippen LogP contribution in [0.3, 0.4) is 0 Å². The van der Waals surface area contributed by atoms with Crippen molar-refractivity contribution in [1.82, 2.24) is 15.2 Å². The van der Waals surface area contributed by atoms with Gasteiger partial charge in [0.05, 0.1) is 5.56 Å². The van der Waals surface area contributed by atoms with E-state index in [0.717, 1.165) is 26.1 Å². The number of carbonyl (C=O) groups is 2. The van der Waals surface area contributed by atoms with Crippen molar-refractivity contribution in [1.29, 1.82) is 0 Å². The average Bonchev–Trinajstić information content (AvgIpc) is 3.20. The molecule has 1 aromatic heterocycles. The zero-order valence-corrected chi connectivity index (χ0v) is 15.2. The summed E-state index contributed by atoms with van der Waals surface area (Å²) in [6.45, 7) is 6.69. The van der Waals surface area contributed by atoms with Crippen molar-refractivity contribution >= 4 is 11.9 Å². The van der Waals surface area contributed by atoms with Crippen LogP contribution in [0.5, 0.6) is 0 Å². The SMILES string of the molecule is Cc1[nH]c(C(=O)NCCN2CC[C@@H](c3ccccc3)C2)c(C)c1C(=O)O. The first-order valence-corrected chi connectivity index (χ1v) is 8.95. The van der Waals surface area contributed by atoms with Crippen molar-refractivity contribution in [3.63, 3.8) is 0 Å². The minimum Gasteiger partial charge on any atom is -0.478 e. The van der Waals surface area contributed by atoms with Crippen molar-refractivity contribution in [2.24, 2.45) is 0 Å². The van der Waals surface area contributed by atoms with Gasteiger partial charge in [-0.25, -0.2) is 4.79 Å². The normalized spacial score (nSPS) is 17.4. The van der Waals surface area contributed by atoms with Gasteiger partial charge in [-0.3, -0.25) is 4.79 Å². The third-order valence-corrected chi connectivity index (χ3v) is 5.14. The van der Waals surface area contributed by atoms with Crippen LogP contribution in [0, 0.1) is 13.8 Å². The number of aromatic nitrogens is 1. The second-order valence-corrected chi connectivity index (χ2v) is 6.88. The smallest absolute Gasteiger partial charge is 0.337 e. The first-order valence-electron chi connectivity index (χ1n) is 8.95. The molecule has 1 atom stereocenters. The standard InChI is InChI=1S/C20H25N3O3/c1-13-17(20(25)26)14(2)22-18(13)19(24)21-9-11-23-10-8-16(12-23)15-6-4-3-5-7-15/h3-7,16,22H,8-12H2,1-2H3,(H,21,24)(H,25,26)/t16-/m1/s1. The molecule has 1 aromatic carbocycles. The molecule has 0 bridgehead atoms. The minimum atomic E-state index is -1.01. The quantitative estimate of drug-likeness (QED) is 0.743. The highest BCUT2D eigenvalue weighted by atomic mass is 16.4. The van der Waals surface area contributed by atoms with Crippen LogP contribution in [-0.4, -0.2) is 53.0 Å². The predicted octanol–water partition coefficient (Wildman–Crippen LogP) is 2.55. The summed E-state index contributed by atoms with van der Waals surface area (Å²) in [5.74, 6) is -0.713. The maximum atomic E-state index is 12.4. The van der Waals surface area contributed by atoms with Crippen LogP contribution in [0.15, 0.2) is 30.3 Å². The van der Waals surface area contributed by atoms with E-state index in [1.807, 2.05) is 6.07 Å². The summed E-state index contributed by atoms with van der Waals surface area (Å²) in [6, 6.07) is 10.5. The van der Waals surface area contributed by atoms with E-state index in [4.69, 9.17) is 0 Å². The Morgan fingerprint density at radius 1 is 1.27 bits per heavy atom. The number of amides is 1. The van der Waals surface area contributed by atoms with Crippen LogP contribution in [0.4, 0.5) is 0 Å². The highest BCUT2D eigenvalue weighted by Crippen LogP contribution is 2.26. The summed E-state index contributed by atoms with van der Waals surface area (Å²) in [7, 11) is 0. The molecule has 138 valence electrons. The summed E-state index contributed by atoms with van der Waals surface area (Å²) >= 11 is 0. The fraction of sp³-hybridized carbons (Fsp3) is 0.400. The summed E-state index contributed by atoms with van der Waals surface area (Å²) in [5.41, 5.74) is 2.88. The van der Waals surface area contributed by atoms with Crippen LogP contribution in [0.2, 0.25) is 0 Å². The van der Waals surface area contributed by atoms with Crippen molar-refractivity contribution < 1.29 is 14.7 Å². The lowest BCUT2D eigenvalue weighted by atomic mass is 9.99. The third kappa shape index (κ3) is 3.80. The number of carboxylic acids is 1. The number of nitrogens with zero attached hydrogens (tertiary/aromatic N) is 1. The Hall–Kier alpha value is -2.60. The second kappa shape index (κ2) is 7.74. The average molecular weight is 355 g/mol. The molecule has 2 aromatic rings. The molecule has 3 N–H and O–H groups in total. The van der Waals surface area contributed by atoms with Gasteiger partial charge in [0.1, 0.15) is 5.69 Å². The molecule has 6 heteroatoms. The van der Waals surface area contributed by atoms with Crippen LogP contribution >= 0.6 is 0 Å². The number of benzene rings is 1. The number of aromatic carboxylic acids is 1. The molecule has 0 spiro atoms. The third-order valence-electron chi connectivity index (χ3n) is 5.14. The lowest BCUT2D eigenvalue weighted by molar-refractivity contribution is 0.0695. The van der Waals surface area contributed by atoms with Gasteiger partial charge in [0.2, 0.25) is 0 Å². The lowest BCUT2D eigenvalue weighted by Crippen LogP contribution is -2.34. The van der Waals surface area contributed by atoms with Gasteiger partial charge in [-0.15, -0.1) is 0 Å². The van der Waals surface area contributed by atoms with E-state index >= 15 is 0 Å². The Morgan fingerprint density at radius 2 is 2.00 bits per heavy atom. The minimum absolute atomic E-state index is 0.181. The van der Waals surface area contributed by atoms with Gasteiger partial charge in [0.15, 0.2) is 0 Å². The van der Waals surface area contributed by atoms with Gasteiger partial charge in [0.25, 0.3) is 5.91 Å². The predicted molar refractivity (Wildman–Crippen MR) is 99.8 cm³/mol. The number of hydrogen-bond acceptors (Lipinski definition) is 3. The van der Waals surface area contributed by atoms with E-state index < -0.39 is 5.97 Å². The Kier molecular flexibility index (Phi) is 5.42. The Balaban J connectivity index is 1.51. The number of carbonyl (C=O) groups excluding carboxylic acids is 1. The number of aryl methyl sites for hydroxylation is 1. The van der Waals surface area contributed by atoms with E-state index in [0.29, 0.717) is 29.4 Å². The van der Waals surface area contributed by atoms with Gasteiger partial charge in [-0.2, -0.15) is 0 Å². The highest BCUT2D eigenvalue weighted by Gasteiger charge is 2.24. The molecule has 0 radical (unpaired) electrons. The van der Waals surface area contributed by atoms with E-state index in [1.165, 1.54) is 5.56 Å². The van der Waals surface area contributed by atoms with E-state index in [-0.39, 0.29) is 11.5 Å². The Morgan fingerprint density at radius 3 is 2.65 bits per heavy atom. The molecule has 1 aliphatic heterocycles. The first kappa shape index (κ1) is 18.2. The Labute approximate surface area is 153 Å². The molecule has 0 aliphatic carbocycles. The molecule has 26 heavy (non-hydrogen) atoms. The van der Waals surface area contributed by atoms with E-state index in [1.54, 1.807) is 13.8 Å². The summed E-state index contributed by atoms with van der Waals surface area (Å²) in [4.78, 5) is 28.9. The van der Waals surface area contributed by atoms with Gasteiger partial charge in [-0.1, -0.05) is 30.3 Å². The summed E-state index contributed by atoms with van der Waals surface area (Å²) < 4.78 is 0. The summed E-state index contributed by atoms with van der Waals surface area (Å²) in [6.07, 6.45) is 1.13. The van der Waals surface area contributed by atoms with E-state index in [9.17, 15) is 14.7 Å². The zero-order valence-electron chi connectivity index (χ0n) is 15.2. The zero-order chi connectivity index (χ0) is 18.7. The number of carboxylic acid groups (broad SMARTS) is 1. The van der Waals surface area contributed by atoms with Gasteiger partial charge >= 0.3 is 5.97 Å². The molecule has 1 amide bonds. The molecular weight excluding hydrogens is 330 g/mol. The molecule has 3 rings (SSSR count). The number of aromatic amines is 1. The van der Waals surface area contributed by atoms with Crippen LogP contribution in [-0.2, 0) is 0 Å². The van der Waals surface area contributed by atoms with Gasteiger partial charge in [-0.05, 0) is 43.9 Å². The van der Waals surface area contributed by atoms with Crippen molar-refractivity contribution in [3.05, 3.63) is 58.4 Å². The molecular formula is C20H25N3O3. The maximum Gasteiger partial charge on any atom is 0.337 e. The number of nitrogens with one attached hydrogen (secondary N) is 2. The molecule has 1 saturated heterocycles. The molecule has 6 nitrogen and oxygen atoms in total. The molecule has 2 heterocycles. The van der Waals surface area contributed by atoms with Crippen molar-refractivity contribution in [3.8, 4) is 0 Å². The highest BCUT2D eigenvalue weighted by molar-refractivity contribution is 5.99. The van der Waals surface area contributed by atoms with Gasteiger partial charge < -0.3 is 20.3 Å². The van der Waals surface area contributed by atoms with Crippen molar-refractivity contribution in [2.45, 2.75) is 26.2 Å². The molecule has 1 aliphatic rings. The Bertz CT molecular complexity index is 798. The van der Waals surface area contributed by atoms with Crippen LogP contribution in [0.25, 0.3) is 0 Å². The van der Waals surface area contributed by atoms with Crippen molar-refractivity contribution in [2.75, 3.05) is 26.2 Å². The number of H-pyrrole nitrogens is 1. The first-order chi connectivity index (χ1) is 12.5. The van der Waals surface area contributed by atoms with Gasteiger partial charge in [0, 0.05) is 25.3 Å². The van der Waals surface area contributed by atoms with Crippen LogP contribution in [0.1, 0.15) is 50.0 Å². The monoisotopic (exact) mass is 355 g/mol.